The van der Waals surface area contributed by atoms with Gasteiger partial charge in [-0.15, -0.1) is 0 Å². The second kappa shape index (κ2) is 13.9. The van der Waals surface area contributed by atoms with Gasteiger partial charge in [-0.25, -0.2) is 4.68 Å². The van der Waals surface area contributed by atoms with Crippen molar-refractivity contribution in [2.45, 2.75) is 46.3 Å². The average molecular weight is 498 g/mol. The molecule has 1 heterocycles. The van der Waals surface area contributed by atoms with Gasteiger partial charge in [0.2, 0.25) is 5.88 Å². The predicted octanol–water partition coefficient (Wildman–Crippen LogP) is 4.85. The molecule has 0 radical (unpaired) electrons. The van der Waals surface area contributed by atoms with E-state index in [1.807, 2.05) is 60.1 Å². The molecule has 1 unspecified atom stereocenters. The molecule has 0 aliphatic rings. The first-order chi connectivity index (χ1) is 17.5. The standard InChI is InChI=1S/C28H39N3O5/c1-6-17-30(18-22(32)20-35-8-3)19-24-25(7-2)29-31(21-13-15-23(33-4)16-14-21)28(24)36-27-12-10-9-11-26(27)34-5/h9-16,22,32H,6-8,17-20H2,1-5H3. The van der Waals surface area contributed by atoms with E-state index in [0.29, 0.717) is 43.7 Å². The summed E-state index contributed by atoms with van der Waals surface area (Å²) >= 11 is 0. The Bertz CT molecular complexity index is 1070. The van der Waals surface area contributed by atoms with Gasteiger partial charge in [-0.2, -0.15) is 5.10 Å². The monoisotopic (exact) mass is 497 g/mol. The maximum atomic E-state index is 10.5. The van der Waals surface area contributed by atoms with Gasteiger partial charge in [0.15, 0.2) is 11.5 Å². The highest BCUT2D eigenvalue weighted by atomic mass is 16.5. The molecule has 196 valence electrons. The van der Waals surface area contributed by atoms with Crippen molar-refractivity contribution in [3.05, 3.63) is 59.8 Å². The fourth-order valence-electron chi connectivity index (χ4n) is 4.11. The van der Waals surface area contributed by atoms with Crippen molar-refractivity contribution in [1.82, 2.24) is 14.7 Å². The number of hydrogen-bond donors (Lipinski definition) is 1. The summed E-state index contributed by atoms with van der Waals surface area (Å²) in [6.45, 7) is 8.96. The number of aliphatic hydroxyl groups is 1. The molecule has 3 rings (SSSR count). The molecule has 36 heavy (non-hydrogen) atoms. The first kappa shape index (κ1) is 27.5. The average Bonchev–Trinajstić information content (AvgIpc) is 3.24. The van der Waals surface area contributed by atoms with Crippen molar-refractivity contribution in [3.63, 3.8) is 0 Å². The molecule has 8 heteroatoms. The van der Waals surface area contributed by atoms with E-state index in [4.69, 9.17) is 24.0 Å². The van der Waals surface area contributed by atoms with Gasteiger partial charge >= 0.3 is 0 Å². The summed E-state index contributed by atoms with van der Waals surface area (Å²) in [6.07, 6.45) is 1.12. The fourth-order valence-corrected chi connectivity index (χ4v) is 4.11. The number of aliphatic hydroxyl groups excluding tert-OH is 1. The Kier molecular flexibility index (Phi) is 10.6. The lowest BCUT2D eigenvalue weighted by Crippen LogP contribution is -2.35. The summed E-state index contributed by atoms with van der Waals surface area (Å²) in [5.74, 6) is 2.65. The molecule has 0 saturated carbocycles. The molecule has 0 amide bonds. The van der Waals surface area contributed by atoms with E-state index in [0.717, 1.165) is 42.1 Å². The van der Waals surface area contributed by atoms with Crippen LogP contribution in [-0.4, -0.2) is 66.4 Å². The first-order valence-corrected chi connectivity index (χ1v) is 12.6. The highest BCUT2D eigenvalue weighted by molar-refractivity contribution is 5.48. The molecule has 0 aliphatic heterocycles. The number of aryl methyl sites for hydroxylation is 1. The number of methoxy groups -OCH3 is 2. The number of para-hydroxylation sites is 2. The predicted molar refractivity (Wildman–Crippen MR) is 141 cm³/mol. The van der Waals surface area contributed by atoms with E-state index >= 15 is 0 Å². The van der Waals surface area contributed by atoms with E-state index in [-0.39, 0.29) is 0 Å². The zero-order valence-corrected chi connectivity index (χ0v) is 22.1. The Morgan fingerprint density at radius 1 is 0.972 bits per heavy atom. The van der Waals surface area contributed by atoms with Gasteiger partial charge in [-0.3, -0.25) is 4.90 Å². The summed E-state index contributed by atoms with van der Waals surface area (Å²) in [5, 5.41) is 15.5. The zero-order valence-electron chi connectivity index (χ0n) is 22.1. The van der Waals surface area contributed by atoms with Crippen LogP contribution in [0.3, 0.4) is 0 Å². The molecule has 0 spiro atoms. The van der Waals surface area contributed by atoms with Crippen molar-refractivity contribution < 1.29 is 24.1 Å². The van der Waals surface area contributed by atoms with E-state index < -0.39 is 6.10 Å². The van der Waals surface area contributed by atoms with E-state index in [1.54, 1.807) is 14.2 Å². The van der Waals surface area contributed by atoms with Crippen LogP contribution in [0.25, 0.3) is 5.69 Å². The second-order valence-electron chi connectivity index (χ2n) is 8.50. The zero-order chi connectivity index (χ0) is 25.9. The summed E-state index contributed by atoms with van der Waals surface area (Å²) in [6, 6.07) is 15.3. The summed E-state index contributed by atoms with van der Waals surface area (Å²) in [7, 11) is 3.28. The minimum atomic E-state index is -0.572. The molecule has 1 N–H and O–H groups in total. The number of ether oxygens (including phenoxy) is 4. The molecule has 1 atom stereocenters. The minimum absolute atomic E-state index is 0.313. The Balaban J connectivity index is 2.05. The maximum absolute atomic E-state index is 10.5. The molecule has 3 aromatic rings. The molecule has 2 aromatic carbocycles. The summed E-state index contributed by atoms with van der Waals surface area (Å²) in [5.41, 5.74) is 2.78. The third-order valence-corrected chi connectivity index (χ3v) is 5.85. The van der Waals surface area contributed by atoms with Crippen LogP contribution in [0.15, 0.2) is 48.5 Å². The Hall–Kier alpha value is -3.07. The van der Waals surface area contributed by atoms with Crippen LogP contribution < -0.4 is 14.2 Å². The lowest BCUT2D eigenvalue weighted by Gasteiger charge is -2.25. The largest absolute Gasteiger partial charge is 0.497 e. The minimum Gasteiger partial charge on any atom is -0.497 e. The topological polar surface area (TPSA) is 78.2 Å². The van der Waals surface area contributed by atoms with Crippen molar-refractivity contribution in [1.29, 1.82) is 0 Å². The van der Waals surface area contributed by atoms with Crippen LogP contribution in [0, 0.1) is 0 Å². The van der Waals surface area contributed by atoms with Crippen molar-refractivity contribution in [2.75, 3.05) is 40.5 Å². The molecule has 0 saturated heterocycles. The smallest absolute Gasteiger partial charge is 0.227 e. The molecule has 0 fully saturated rings. The second-order valence-corrected chi connectivity index (χ2v) is 8.50. The molecular weight excluding hydrogens is 458 g/mol. The van der Waals surface area contributed by atoms with Gasteiger partial charge in [-0.1, -0.05) is 26.0 Å². The lowest BCUT2D eigenvalue weighted by molar-refractivity contribution is 0.0194. The van der Waals surface area contributed by atoms with Crippen LogP contribution in [0.1, 0.15) is 38.4 Å². The molecule has 1 aromatic heterocycles. The molecule has 0 aliphatic carbocycles. The summed E-state index contributed by atoms with van der Waals surface area (Å²) < 4.78 is 24.7. The highest BCUT2D eigenvalue weighted by Gasteiger charge is 2.24. The number of nitrogens with zero attached hydrogens (tertiary/aromatic N) is 3. The number of benzene rings is 2. The van der Waals surface area contributed by atoms with Gasteiger partial charge in [0.1, 0.15) is 5.75 Å². The van der Waals surface area contributed by atoms with Crippen LogP contribution in [0.2, 0.25) is 0 Å². The van der Waals surface area contributed by atoms with Gasteiger partial charge in [0.25, 0.3) is 0 Å². The Labute approximate surface area is 214 Å². The molecule has 0 bridgehead atoms. The Morgan fingerprint density at radius 3 is 2.31 bits per heavy atom. The summed E-state index contributed by atoms with van der Waals surface area (Å²) in [4.78, 5) is 2.23. The lowest BCUT2D eigenvalue weighted by atomic mass is 10.1. The normalized spacial score (nSPS) is 12.1. The van der Waals surface area contributed by atoms with Crippen LogP contribution in [0.5, 0.6) is 23.1 Å². The first-order valence-electron chi connectivity index (χ1n) is 12.6. The quantitative estimate of drug-likeness (QED) is 0.321. The van der Waals surface area contributed by atoms with Crippen molar-refractivity contribution >= 4 is 0 Å². The van der Waals surface area contributed by atoms with Crippen LogP contribution in [0.4, 0.5) is 0 Å². The van der Waals surface area contributed by atoms with Gasteiger partial charge in [-0.05, 0) is 62.7 Å². The van der Waals surface area contributed by atoms with E-state index in [9.17, 15) is 5.11 Å². The van der Waals surface area contributed by atoms with E-state index in [1.165, 1.54) is 0 Å². The third kappa shape index (κ3) is 7.00. The molecular formula is C28H39N3O5. The molecule has 8 nitrogen and oxygen atoms in total. The van der Waals surface area contributed by atoms with E-state index in [2.05, 4.69) is 18.7 Å². The van der Waals surface area contributed by atoms with Gasteiger partial charge < -0.3 is 24.1 Å². The van der Waals surface area contributed by atoms with Gasteiger partial charge in [0, 0.05) is 19.7 Å². The number of aromatic nitrogens is 2. The van der Waals surface area contributed by atoms with Crippen molar-refractivity contribution in [2.24, 2.45) is 0 Å². The number of hydrogen-bond acceptors (Lipinski definition) is 7. The van der Waals surface area contributed by atoms with Crippen LogP contribution in [-0.2, 0) is 17.7 Å². The SMILES string of the molecule is CCCN(Cc1c(CC)nn(-c2ccc(OC)cc2)c1Oc1ccccc1OC)CC(O)COCC. The van der Waals surface area contributed by atoms with Gasteiger partial charge in [0.05, 0.1) is 43.9 Å². The highest BCUT2D eigenvalue weighted by Crippen LogP contribution is 2.36. The Morgan fingerprint density at radius 2 is 1.69 bits per heavy atom. The van der Waals surface area contributed by atoms with Crippen molar-refractivity contribution in [3.8, 4) is 28.8 Å². The number of rotatable bonds is 15. The van der Waals surface area contributed by atoms with Crippen LogP contribution >= 0.6 is 0 Å². The third-order valence-electron chi connectivity index (χ3n) is 5.85. The fraction of sp³-hybridized carbons (Fsp3) is 0.464. The maximum Gasteiger partial charge on any atom is 0.227 e.